The van der Waals surface area contributed by atoms with Crippen molar-refractivity contribution in [3.8, 4) is 5.75 Å². The van der Waals surface area contributed by atoms with Gasteiger partial charge < -0.3 is 24.1 Å². The smallest absolute Gasteiger partial charge is 0.246 e. The van der Waals surface area contributed by atoms with E-state index < -0.39 is 0 Å². The summed E-state index contributed by atoms with van der Waals surface area (Å²) in [5, 5.41) is 10.4. The number of ether oxygens (including phenoxy) is 1. The number of methoxy groups -OCH3 is 1. The molecule has 3 atom stereocenters. The van der Waals surface area contributed by atoms with E-state index in [0.29, 0.717) is 0 Å². The number of rotatable bonds is 7. The van der Waals surface area contributed by atoms with Crippen molar-refractivity contribution in [2.75, 3.05) is 33.8 Å². The summed E-state index contributed by atoms with van der Waals surface area (Å²) in [6.45, 7) is 3.07. The number of phenolic OH excluding ortho intramolecular Hbond substituents is 1. The molecule has 2 aromatic rings. The summed E-state index contributed by atoms with van der Waals surface area (Å²) in [5.41, 5.74) is 1.41. The van der Waals surface area contributed by atoms with Crippen LogP contribution in [-0.2, 0) is 14.9 Å². The SMILES string of the molecule is CO[C@]12CC[C@@H](N(C)C(=O)/C=C/c3ccoc3)C[C@]1(c1cccc(O)c1)CCN(CC1CC1)C2. The molecule has 0 radical (unpaired) electrons. The van der Waals surface area contributed by atoms with Crippen LogP contribution < -0.4 is 0 Å². The summed E-state index contributed by atoms with van der Waals surface area (Å²) in [6, 6.07) is 9.64. The van der Waals surface area contributed by atoms with Crippen molar-refractivity contribution < 1.29 is 19.1 Å². The third-order valence-corrected chi connectivity index (χ3v) is 8.53. The zero-order valence-corrected chi connectivity index (χ0v) is 20.3. The fraction of sp³-hybridized carbons (Fsp3) is 0.536. The average Bonchev–Trinajstić information content (AvgIpc) is 3.51. The molecular weight excluding hydrogens is 428 g/mol. The van der Waals surface area contributed by atoms with Gasteiger partial charge in [-0.1, -0.05) is 12.1 Å². The maximum Gasteiger partial charge on any atom is 0.246 e. The van der Waals surface area contributed by atoms with Gasteiger partial charge in [-0.15, -0.1) is 0 Å². The molecule has 2 aliphatic carbocycles. The van der Waals surface area contributed by atoms with Crippen molar-refractivity contribution in [3.63, 3.8) is 0 Å². The molecule has 0 spiro atoms. The molecule has 6 nitrogen and oxygen atoms in total. The molecule has 34 heavy (non-hydrogen) atoms. The van der Waals surface area contributed by atoms with Crippen LogP contribution in [0.4, 0.5) is 0 Å². The summed E-state index contributed by atoms with van der Waals surface area (Å²) in [5.74, 6) is 1.12. The lowest BCUT2D eigenvalue weighted by atomic mass is 9.55. The Morgan fingerprint density at radius 1 is 1.29 bits per heavy atom. The molecule has 1 saturated heterocycles. The fourth-order valence-electron chi connectivity index (χ4n) is 6.36. The van der Waals surface area contributed by atoms with Crippen LogP contribution in [0, 0.1) is 5.92 Å². The Morgan fingerprint density at radius 3 is 2.85 bits per heavy atom. The minimum absolute atomic E-state index is 0.00616. The number of likely N-dealkylation sites (N-methyl/N-ethyl adjacent to an activating group) is 1. The summed E-state index contributed by atoms with van der Waals surface area (Å²) in [6.07, 6.45) is 12.9. The quantitative estimate of drug-likeness (QED) is 0.614. The highest BCUT2D eigenvalue weighted by molar-refractivity contribution is 5.91. The van der Waals surface area contributed by atoms with Crippen molar-refractivity contribution in [3.05, 3.63) is 60.1 Å². The van der Waals surface area contributed by atoms with Crippen LogP contribution in [0.1, 0.15) is 49.7 Å². The normalized spacial score (nSPS) is 29.8. The molecule has 1 amide bonds. The van der Waals surface area contributed by atoms with Gasteiger partial charge in [0.05, 0.1) is 18.1 Å². The molecule has 182 valence electrons. The van der Waals surface area contributed by atoms with Crippen LogP contribution in [0.2, 0.25) is 0 Å². The van der Waals surface area contributed by atoms with E-state index in [-0.39, 0.29) is 28.7 Å². The van der Waals surface area contributed by atoms with Gasteiger partial charge >= 0.3 is 0 Å². The van der Waals surface area contributed by atoms with Crippen LogP contribution >= 0.6 is 0 Å². The predicted octanol–water partition coefficient (Wildman–Crippen LogP) is 4.45. The highest BCUT2D eigenvalue weighted by Gasteiger charge is 2.59. The standard InChI is InChI=1S/C28H36N2O4/c1-29(26(32)9-8-22-11-15-34-19-22)24-10-12-28(33-2)20-30(18-21-6-7-21)14-13-27(28,17-24)23-4-3-5-25(31)16-23/h3-5,8-9,11,15-16,19,21,24,31H,6-7,10,12-14,17-18,20H2,1-2H3/b9-8+/t24-,27+,28+/m1/s1. The van der Waals surface area contributed by atoms with Crippen LogP contribution in [0.25, 0.3) is 6.08 Å². The Morgan fingerprint density at radius 2 is 2.15 bits per heavy atom. The summed E-state index contributed by atoms with van der Waals surface area (Å²) in [4.78, 5) is 17.5. The molecule has 5 rings (SSSR count). The number of phenols is 1. The Bertz CT molecular complexity index is 1030. The number of likely N-dealkylation sites (tertiary alicyclic amines) is 1. The number of carbonyl (C=O) groups is 1. The Labute approximate surface area is 202 Å². The monoisotopic (exact) mass is 464 g/mol. The van der Waals surface area contributed by atoms with E-state index in [1.807, 2.05) is 37.3 Å². The minimum atomic E-state index is -0.332. The van der Waals surface area contributed by atoms with E-state index >= 15 is 0 Å². The lowest BCUT2D eigenvalue weighted by molar-refractivity contribution is -0.159. The molecule has 2 heterocycles. The largest absolute Gasteiger partial charge is 0.508 e. The Balaban J connectivity index is 1.43. The summed E-state index contributed by atoms with van der Waals surface area (Å²) >= 11 is 0. The number of furan rings is 1. The second-order valence-corrected chi connectivity index (χ2v) is 10.5. The first kappa shape index (κ1) is 23.2. The number of fused-ring (bicyclic) bond motifs is 1. The molecule has 2 saturated carbocycles. The minimum Gasteiger partial charge on any atom is -0.508 e. The average molecular weight is 465 g/mol. The Kier molecular flexibility index (Phi) is 6.30. The predicted molar refractivity (Wildman–Crippen MR) is 131 cm³/mol. The second kappa shape index (κ2) is 9.23. The number of nitrogens with zero attached hydrogens (tertiary/aromatic N) is 2. The first-order chi connectivity index (χ1) is 16.4. The second-order valence-electron chi connectivity index (χ2n) is 10.5. The van der Waals surface area contributed by atoms with Crippen LogP contribution in [-0.4, -0.2) is 66.2 Å². The third kappa shape index (κ3) is 4.29. The number of carbonyl (C=O) groups excluding carboxylic acids is 1. The van der Waals surface area contributed by atoms with Gasteiger partial charge in [0.15, 0.2) is 0 Å². The molecule has 3 aliphatic rings. The highest BCUT2D eigenvalue weighted by Crippen LogP contribution is 2.54. The number of hydrogen-bond donors (Lipinski definition) is 1. The van der Waals surface area contributed by atoms with Crippen LogP contribution in [0.3, 0.4) is 0 Å². The van der Waals surface area contributed by atoms with E-state index in [1.54, 1.807) is 30.7 Å². The third-order valence-electron chi connectivity index (χ3n) is 8.53. The van der Waals surface area contributed by atoms with E-state index in [4.69, 9.17) is 9.15 Å². The zero-order valence-electron chi connectivity index (χ0n) is 20.3. The molecule has 6 heteroatoms. The molecule has 3 fully saturated rings. The van der Waals surface area contributed by atoms with E-state index in [2.05, 4.69) is 11.0 Å². The maximum atomic E-state index is 13.1. The van der Waals surface area contributed by atoms with Crippen molar-refractivity contribution in [2.45, 2.75) is 55.6 Å². The molecule has 0 unspecified atom stereocenters. The number of hydrogen-bond acceptors (Lipinski definition) is 5. The molecular formula is C28H36N2O4. The molecule has 1 aromatic carbocycles. The lowest BCUT2D eigenvalue weighted by Crippen LogP contribution is -2.68. The topological polar surface area (TPSA) is 66.1 Å². The molecule has 1 N–H and O–H groups in total. The van der Waals surface area contributed by atoms with Gasteiger partial charge in [-0.2, -0.15) is 0 Å². The van der Waals surface area contributed by atoms with Crippen LogP contribution in [0.5, 0.6) is 5.75 Å². The van der Waals surface area contributed by atoms with Crippen molar-refractivity contribution in [1.29, 1.82) is 0 Å². The van der Waals surface area contributed by atoms with E-state index in [9.17, 15) is 9.90 Å². The number of amides is 1. The van der Waals surface area contributed by atoms with Crippen molar-refractivity contribution >= 4 is 12.0 Å². The first-order valence-electron chi connectivity index (χ1n) is 12.5. The maximum absolute atomic E-state index is 13.1. The van der Waals surface area contributed by atoms with Gasteiger partial charge in [0.1, 0.15) is 5.75 Å². The van der Waals surface area contributed by atoms with Gasteiger partial charge in [-0.05, 0) is 80.8 Å². The number of piperidine rings is 1. The molecule has 1 aliphatic heterocycles. The van der Waals surface area contributed by atoms with Gasteiger partial charge in [0, 0.05) is 50.3 Å². The van der Waals surface area contributed by atoms with E-state index in [1.165, 1.54) is 12.8 Å². The zero-order chi connectivity index (χ0) is 23.8. The Hall–Kier alpha value is -2.57. The summed E-state index contributed by atoms with van der Waals surface area (Å²) < 4.78 is 11.5. The number of aromatic hydroxyl groups is 1. The fourth-order valence-corrected chi connectivity index (χ4v) is 6.36. The molecule has 1 aromatic heterocycles. The molecule has 0 bridgehead atoms. The van der Waals surface area contributed by atoms with Crippen molar-refractivity contribution in [1.82, 2.24) is 9.80 Å². The van der Waals surface area contributed by atoms with Crippen molar-refractivity contribution in [2.24, 2.45) is 5.92 Å². The van der Waals surface area contributed by atoms with Crippen LogP contribution in [0.15, 0.2) is 53.4 Å². The van der Waals surface area contributed by atoms with Gasteiger partial charge in [0.25, 0.3) is 0 Å². The highest BCUT2D eigenvalue weighted by atomic mass is 16.5. The summed E-state index contributed by atoms with van der Waals surface area (Å²) in [7, 11) is 3.76. The lowest BCUT2D eigenvalue weighted by Gasteiger charge is -2.60. The first-order valence-corrected chi connectivity index (χ1v) is 12.5. The number of benzene rings is 1. The van der Waals surface area contributed by atoms with E-state index in [0.717, 1.165) is 62.4 Å². The van der Waals surface area contributed by atoms with Gasteiger partial charge in [-0.3, -0.25) is 4.79 Å². The van der Waals surface area contributed by atoms with Gasteiger partial charge in [0.2, 0.25) is 5.91 Å². The van der Waals surface area contributed by atoms with Gasteiger partial charge in [-0.25, -0.2) is 0 Å².